The van der Waals surface area contributed by atoms with E-state index in [1.807, 2.05) is 20.8 Å². The van der Waals surface area contributed by atoms with Crippen molar-refractivity contribution in [1.29, 1.82) is 0 Å². The van der Waals surface area contributed by atoms with E-state index in [0.717, 1.165) is 30.9 Å². The van der Waals surface area contributed by atoms with Crippen molar-refractivity contribution in [2.75, 3.05) is 26.2 Å². The van der Waals surface area contributed by atoms with Crippen LogP contribution in [-0.2, 0) is 22.6 Å². The molecule has 1 fully saturated rings. The molecule has 30 heavy (non-hydrogen) atoms. The molecule has 0 spiro atoms. The van der Waals surface area contributed by atoms with Gasteiger partial charge >= 0.3 is 6.09 Å². The first-order valence-electron chi connectivity index (χ1n) is 10.7. The molecular weight excluding hydrogens is 495 g/mol. The topological polar surface area (TPSA) is 75.2 Å². The zero-order valence-corrected chi connectivity index (χ0v) is 21.0. The fraction of sp³-hybridized carbons (Fsp3) is 0.636. The van der Waals surface area contributed by atoms with Crippen LogP contribution in [0.25, 0.3) is 0 Å². The number of aliphatic imine (C=N–C) groups is 1. The lowest BCUT2D eigenvalue weighted by molar-refractivity contribution is 0.0657. The van der Waals surface area contributed by atoms with Gasteiger partial charge in [-0.3, -0.25) is 0 Å². The standard InChI is InChI=1S/C22H36N4O3.HI/c1-5-23-21(25-20-11-13-26(14-12-20)22(27)28-6-2)24-15-18-7-9-19(10-8-18)16-29-17(3)4;/h7-10,17,20H,5-6,11-16H2,1-4H3,(H2,23,24,25);1H. The van der Waals surface area contributed by atoms with Gasteiger partial charge in [-0.2, -0.15) is 0 Å². The highest BCUT2D eigenvalue weighted by Gasteiger charge is 2.24. The monoisotopic (exact) mass is 532 g/mol. The number of hydrogen-bond donors (Lipinski definition) is 2. The Balaban J connectivity index is 0.00000450. The van der Waals surface area contributed by atoms with Crippen molar-refractivity contribution in [3.63, 3.8) is 0 Å². The van der Waals surface area contributed by atoms with Crippen LogP contribution in [0.3, 0.4) is 0 Å². The summed E-state index contributed by atoms with van der Waals surface area (Å²) in [5.41, 5.74) is 2.33. The molecule has 2 N–H and O–H groups in total. The summed E-state index contributed by atoms with van der Waals surface area (Å²) < 4.78 is 10.7. The summed E-state index contributed by atoms with van der Waals surface area (Å²) in [4.78, 5) is 18.3. The number of ether oxygens (including phenoxy) is 2. The van der Waals surface area contributed by atoms with E-state index in [0.29, 0.717) is 38.9 Å². The number of guanidine groups is 1. The summed E-state index contributed by atoms with van der Waals surface area (Å²) in [7, 11) is 0. The maximum absolute atomic E-state index is 11.8. The third-order valence-electron chi connectivity index (χ3n) is 4.73. The molecule has 170 valence electrons. The second-order valence-corrected chi connectivity index (χ2v) is 7.48. The Hall–Kier alpha value is -1.55. The van der Waals surface area contributed by atoms with Gasteiger partial charge < -0.3 is 25.0 Å². The maximum atomic E-state index is 11.8. The Morgan fingerprint density at radius 1 is 1.17 bits per heavy atom. The fourth-order valence-corrected chi connectivity index (χ4v) is 3.11. The summed E-state index contributed by atoms with van der Waals surface area (Å²) in [5, 5.41) is 6.82. The van der Waals surface area contributed by atoms with Crippen LogP contribution in [0, 0.1) is 0 Å². The third kappa shape index (κ3) is 9.51. The molecule has 0 radical (unpaired) electrons. The molecule has 7 nitrogen and oxygen atoms in total. The zero-order chi connectivity index (χ0) is 21.1. The largest absolute Gasteiger partial charge is 0.450 e. The number of rotatable bonds is 8. The normalized spacial score (nSPS) is 15.0. The molecule has 1 aromatic rings. The second kappa shape index (κ2) is 14.5. The van der Waals surface area contributed by atoms with Crippen LogP contribution in [0.4, 0.5) is 4.79 Å². The number of nitrogens with zero attached hydrogens (tertiary/aromatic N) is 2. The van der Waals surface area contributed by atoms with E-state index in [-0.39, 0.29) is 36.2 Å². The number of piperidine rings is 1. The number of hydrogen-bond acceptors (Lipinski definition) is 4. The van der Waals surface area contributed by atoms with E-state index in [9.17, 15) is 4.79 Å². The minimum absolute atomic E-state index is 0. The van der Waals surface area contributed by atoms with Crippen LogP contribution in [0.1, 0.15) is 51.7 Å². The predicted octanol–water partition coefficient (Wildman–Crippen LogP) is 3.91. The van der Waals surface area contributed by atoms with Crippen molar-refractivity contribution in [1.82, 2.24) is 15.5 Å². The second-order valence-electron chi connectivity index (χ2n) is 7.48. The van der Waals surface area contributed by atoms with E-state index in [4.69, 9.17) is 14.5 Å². The minimum atomic E-state index is -0.214. The third-order valence-corrected chi connectivity index (χ3v) is 4.73. The van der Waals surface area contributed by atoms with Gasteiger partial charge in [-0.05, 0) is 51.7 Å². The molecule has 2 rings (SSSR count). The van der Waals surface area contributed by atoms with E-state index < -0.39 is 0 Å². The number of benzene rings is 1. The van der Waals surface area contributed by atoms with Crippen LogP contribution in [0.2, 0.25) is 0 Å². The van der Waals surface area contributed by atoms with Crippen molar-refractivity contribution in [3.05, 3.63) is 35.4 Å². The summed E-state index contributed by atoms with van der Waals surface area (Å²) in [5.74, 6) is 0.814. The van der Waals surface area contributed by atoms with Crippen molar-refractivity contribution in [2.45, 2.75) is 65.8 Å². The van der Waals surface area contributed by atoms with E-state index in [1.165, 1.54) is 5.56 Å². The summed E-state index contributed by atoms with van der Waals surface area (Å²) in [6.45, 7) is 11.9. The van der Waals surface area contributed by atoms with Crippen molar-refractivity contribution >= 4 is 36.0 Å². The quantitative estimate of drug-likeness (QED) is 0.302. The fourth-order valence-electron chi connectivity index (χ4n) is 3.11. The molecule has 1 aromatic carbocycles. The van der Waals surface area contributed by atoms with Crippen LogP contribution in [0.5, 0.6) is 0 Å². The summed E-state index contributed by atoms with van der Waals surface area (Å²) in [6, 6.07) is 8.69. The Morgan fingerprint density at radius 3 is 2.37 bits per heavy atom. The Labute approximate surface area is 198 Å². The number of likely N-dealkylation sites (tertiary alicyclic amines) is 1. The number of amides is 1. The van der Waals surface area contributed by atoms with Gasteiger partial charge in [0.2, 0.25) is 0 Å². The van der Waals surface area contributed by atoms with E-state index in [2.05, 4.69) is 41.8 Å². The van der Waals surface area contributed by atoms with Gasteiger partial charge in [0, 0.05) is 25.7 Å². The molecule has 0 aromatic heterocycles. The number of carbonyl (C=O) groups is 1. The molecule has 0 atom stereocenters. The molecule has 0 saturated carbocycles. The maximum Gasteiger partial charge on any atom is 0.409 e. The van der Waals surface area contributed by atoms with E-state index in [1.54, 1.807) is 4.90 Å². The summed E-state index contributed by atoms with van der Waals surface area (Å²) in [6.07, 6.45) is 1.78. The predicted molar refractivity (Wildman–Crippen MR) is 131 cm³/mol. The molecule has 1 saturated heterocycles. The Kier molecular flexibility index (Phi) is 12.8. The first kappa shape index (κ1) is 26.5. The van der Waals surface area contributed by atoms with Gasteiger partial charge in [0.1, 0.15) is 0 Å². The lowest BCUT2D eigenvalue weighted by Crippen LogP contribution is -2.49. The van der Waals surface area contributed by atoms with Gasteiger partial charge in [0.15, 0.2) is 5.96 Å². The van der Waals surface area contributed by atoms with Crippen molar-refractivity contribution in [3.8, 4) is 0 Å². The molecule has 8 heteroatoms. The van der Waals surface area contributed by atoms with Crippen molar-refractivity contribution in [2.24, 2.45) is 4.99 Å². The van der Waals surface area contributed by atoms with Gasteiger partial charge in [0.25, 0.3) is 0 Å². The Morgan fingerprint density at radius 2 is 1.80 bits per heavy atom. The number of nitrogens with one attached hydrogen (secondary N) is 2. The SMILES string of the molecule is CCNC(=NCc1ccc(COC(C)C)cc1)NC1CCN(C(=O)OCC)CC1.I. The lowest BCUT2D eigenvalue weighted by Gasteiger charge is -2.32. The van der Waals surface area contributed by atoms with Crippen LogP contribution >= 0.6 is 24.0 Å². The van der Waals surface area contributed by atoms with Crippen LogP contribution in [0.15, 0.2) is 29.3 Å². The van der Waals surface area contributed by atoms with Gasteiger partial charge in [-0.25, -0.2) is 9.79 Å². The lowest BCUT2D eigenvalue weighted by atomic mass is 10.1. The first-order valence-corrected chi connectivity index (χ1v) is 10.7. The van der Waals surface area contributed by atoms with Crippen molar-refractivity contribution < 1.29 is 14.3 Å². The van der Waals surface area contributed by atoms with Gasteiger partial charge in [-0.1, -0.05) is 24.3 Å². The van der Waals surface area contributed by atoms with Gasteiger partial charge in [0.05, 0.1) is 25.9 Å². The molecule has 0 aliphatic carbocycles. The molecule has 0 bridgehead atoms. The highest BCUT2D eigenvalue weighted by Crippen LogP contribution is 2.12. The number of halogens is 1. The molecular formula is C22H37IN4O3. The molecule has 0 unspecified atom stereocenters. The Bertz CT molecular complexity index is 644. The average molecular weight is 532 g/mol. The molecule has 1 aliphatic heterocycles. The van der Waals surface area contributed by atoms with Crippen LogP contribution < -0.4 is 10.6 Å². The van der Waals surface area contributed by atoms with Gasteiger partial charge in [-0.15, -0.1) is 24.0 Å². The minimum Gasteiger partial charge on any atom is -0.450 e. The zero-order valence-electron chi connectivity index (χ0n) is 18.6. The number of carbonyl (C=O) groups excluding carboxylic acids is 1. The molecule has 1 aliphatic rings. The molecule has 1 heterocycles. The smallest absolute Gasteiger partial charge is 0.409 e. The molecule has 1 amide bonds. The van der Waals surface area contributed by atoms with Crippen LogP contribution in [-0.4, -0.2) is 55.3 Å². The van der Waals surface area contributed by atoms with E-state index >= 15 is 0 Å². The highest BCUT2D eigenvalue weighted by atomic mass is 127. The average Bonchev–Trinajstić information content (AvgIpc) is 2.72. The summed E-state index contributed by atoms with van der Waals surface area (Å²) >= 11 is 0. The highest BCUT2D eigenvalue weighted by molar-refractivity contribution is 14.0. The first-order chi connectivity index (χ1) is 14.0.